The Hall–Kier alpha value is 0.390. The van der Waals surface area contributed by atoms with E-state index >= 15 is 0 Å². The number of hydrogen-bond acceptors (Lipinski definition) is 1. The van der Waals surface area contributed by atoms with Crippen LogP contribution < -0.4 is 0 Å². The van der Waals surface area contributed by atoms with E-state index in [4.69, 9.17) is 4.74 Å². The molecule has 1 unspecified atom stereocenters. The summed E-state index contributed by atoms with van der Waals surface area (Å²) < 4.78 is 5.08. The molecule has 0 bridgehead atoms. The first-order valence-corrected chi connectivity index (χ1v) is 3.70. The van der Waals surface area contributed by atoms with E-state index in [9.17, 15) is 0 Å². The summed E-state index contributed by atoms with van der Waals surface area (Å²) in [6, 6.07) is 0. The van der Waals surface area contributed by atoms with Crippen molar-refractivity contribution < 1.29 is 4.74 Å². The van der Waals surface area contributed by atoms with Gasteiger partial charge >= 0.3 is 0 Å². The van der Waals surface area contributed by atoms with Crippen molar-refractivity contribution in [2.45, 2.75) is 6.42 Å². The fourth-order valence-electron chi connectivity index (χ4n) is 0.516. The van der Waals surface area contributed by atoms with Crippen molar-refractivity contribution in [2.75, 3.05) is 19.1 Å². The lowest BCUT2D eigenvalue weighted by molar-refractivity contribution is 0.174. The summed E-state index contributed by atoms with van der Waals surface area (Å²) in [5.74, 6) is 0. The minimum absolute atomic E-state index is 1.01. The molecule has 1 aliphatic rings. The van der Waals surface area contributed by atoms with Crippen LogP contribution in [0.4, 0.5) is 0 Å². The molecule has 1 fully saturated rings. The summed E-state index contributed by atoms with van der Waals surface area (Å²) in [6.45, 7) is 1.01. The topological polar surface area (TPSA) is 9.23 Å². The average Bonchev–Trinajstić information content (AvgIpc) is 1.72. The third-order valence-corrected chi connectivity index (χ3v) is 1.96. The van der Waals surface area contributed by atoms with Gasteiger partial charge in [-0.1, -0.05) is 8.58 Å². The van der Waals surface area contributed by atoms with Crippen molar-refractivity contribution in [3.8, 4) is 0 Å². The van der Waals surface area contributed by atoms with E-state index in [0.29, 0.717) is 0 Å². The first-order valence-electron chi connectivity index (χ1n) is 2.28. The Kier molecular flexibility index (Phi) is 1.93. The lowest BCUT2D eigenvalue weighted by Gasteiger charge is -2.08. The molecule has 1 saturated heterocycles. The maximum Gasteiger partial charge on any atom is 0.0630 e. The van der Waals surface area contributed by atoms with Crippen LogP contribution in [0.15, 0.2) is 0 Å². The molecule has 0 amide bonds. The number of hydrogen-bond donors (Lipinski definition) is 0. The van der Waals surface area contributed by atoms with Crippen molar-refractivity contribution in [1.29, 1.82) is 0 Å². The minimum Gasteiger partial charge on any atom is -0.377 e. The summed E-state index contributed by atoms with van der Waals surface area (Å²) in [4.78, 5) is 0. The van der Waals surface area contributed by atoms with Crippen LogP contribution in [0.2, 0.25) is 0 Å². The molecular formula is C4H9OP. The molecule has 0 spiro atoms. The van der Waals surface area contributed by atoms with Gasteiger partial charge in [0.15, 0.2) is 0 Å². The predicted molar refractivity (Wildman–Crippen MR) is 28.6 cm³/mol. The maximum atomic E-state index is 5.08. The van der Waals surface area contributed by atoms with E-state index in [1.165, 1.54) is 12.6 Å². The molecule has 0 aromatic heterocycles. The van der Waals surface area contributed by atoms with Crippen molar-refractivity contribution in [3.63, 3.8) is 0 Å². The highest BCUT2D eigenvalue weighted by molar-refractivity contribution is 7.37. The van der Waals surface area contributed by atoms with E-state index in [2.05, 4.69) is 0 Å². The standard InChI is InChI=1S/C4H9OP/c1-2-5-4-6-3-1/h6H,1-4H2. The van der Waals surface area contributed by atoms with Gasteiger partial charge in [0.25, 0.3) is 0 Å². The van der Waals surface area contributed by atoms with Gasteiger partial charge in [0.05, 0.1) is 6.35 Å². The first kappa shape index (κ1) is 4.55. The zero-order chi connectivity index (χ0) is 4.24. The highest BCUT2D eigenvalue weighted by Gasteiger charge is 1.94. The Morgan fingerprint density at radius 1 is 1.50 bits per heavy atom. The van der Waals surface area contributed by atoms with Crippen LogP contribution in [0, 0.1) is 0 Å². The molecule has 36 valence electrons. The molecule has 0 aliphatic carbocycles. The van der Waals surface area contributed by atoms with E-state index < -0.39 is 0 Å². The fourth-order valence-corrected chi connectivity index (χ4v) is 1.34. The maximum absolute atomic E-state index is 5.08. The largest absolute Gasteiger partial charge is 0.377 e. The van der Waals surface area contributed by atoms with Gasteiger partial charge in [-0.25, -0.2) is 0 Å². The van der Waals surface area contributed by atoms with Crippen LogP contribution in [0.3, 0.4) is 0 Å². The van der Waals surface area contributed by atoms with E-state index in [1.54, 1.807) is 0 Å². The minimum atomic E-state index is 1.01. The second-order valence-corrected chi connectivity index (χ2v) is 2.69. The van der Waals surface area contributed by atoms with Crippen LogP contribution in [0.25, 0.3) is 0 Å². The average molecular weight is 104 g/mol. The van der Waals surface area contributed by atoms with Crippen LogP contribution >= 0.6 is 8.58 Å². The summed E-state index contributed by atoms with van der Waals surface area (Å²) in [5, 5.41) is 0. The van der Waals surface area contributed by atoms with Gasteiger partial charge in [0, 0.05) is 6.61 Å². The Morgan fingerprint density at radius 2 is 2.50 bits per heavy atom. The molecule has 0 saturated carbocycles. The quantitative estimate of drug-likeness (QED) is 0.417. The van der Waals surface area contributed by atoms with Crippen molar-refractivity contribution >= 4 is 8.58 Å². The van der Waals surface area contributed by atoms with Gasteiger partial charge in [-0.2, -0.15) is 0 Å². The molecule has 1 heterocycles. The molecule has 0 radical (unpaired) electrons. The molecule has 6 heavy (non-hydrogen) atoms. The molecular weight excluding hydrogens is 95.0 g/mol. The molecule has 1 atom stereocenters. The highest BCUT2D eigenvalue weighted by atomic mass is 31.1. The van der Waals surface area contributed by atoms with E-state index in [-0.39, 0.29) is 0 Å². The van der Waals surface area contributed by atoms with Gasteiger partial charge < -0.3 is 4.74 Å². The number of rotatable bonds is 0. The number of ether oxygens (including phenoxy) is 1. The molecule has 0 N–H and O–H groups in total. The van der Waals surface area contributed by atoms with Crippen LogP contribution in [0.5, 0.6) is 0 Å². The van der Waals surface area contributed by atoms with Crippen molar-refractivity contribution in [3.05, 3.63) is 0 Å². The Morgan fingerprint density at radius 3 is 2.67 bits per heavy atom. The highest BCUT2D eigenvalue weighted by Crippen LogP contribution is 2.15. The van der Waals surface area contributed by atoms with Crippen molar-refractivity contribution in [1.82, 2.24) is 0 Å². The zero-order valence-electron chi connectivity index (χ0n) is 3.74. The van der Waals surface area contributed by atoms with E-state index in [1.807, 2.05) is 0 Å². The van der Waals surface area contributed by atoms with Crippen molar-refractivity contribution in [2.24, 2.45) is 0 Å². The Balaban J connectivity index is 2.00. The second kappa shape index (κ2) is 2.54. The monoisotopic (exact) mass is 104 g/mol. The molecule has 0 aromatic carbocycles. The molecule has 1 nitrogen and oxygen atoms in total. The van der Waals surface area contributed by atoms with Crippen LogP contribution in [0.1, 0.15) is 6.42 Å². The summed E-state index contributed by atoms with van der Waals surface area (Å²) >= 11 is 0. The van der Waals surface area contributed by atoms with Gasteiger partial charge in [0.1, 0.15) is 0 Å². The summed E-state index contributed by atoms with van der Waals surface area (Å²) in [6.07, 6.45) is 3.72. The summed E-state index contributed by atoms with van der Waals surface area (Å²) in [7, 11) is 1.08. The smallest absolute Gasteiger partial charge is 0.0630 e. The van der Waals surface area contributed by atoms with Crippen LogP contribution in [-0.2, 0) is 4.74 Å². The third kappa shape index (κ3) is 1.24. The molecule has 2 heteroatoms. The Labute approximate surface area is 39.9 Å². The van der Waals surface area contributed by atoms with E-state index in [0.717, 1.165) is 21.5 Å². The van der Waals surface area contributed by atoms with Gasteiger partial charge in [0.2, 0.25) is 0 Å². The fraction of sp³-hybridized carbons (Fsp3) is 1.00. The Bertz CT molecular complexity index is 23.0. The normalized spacial score (nSPS) is 28.0. The first-order chi connectivity index (χ1) is 3.00. The van der Waals surface area contributed by atoms with Gasteiger partial charge in [-0.05, 0) is 12.6 Å². The SMILES string of the molecule is C1COCPC1. The summed E-state index contributed by atoms with van der Waals surface area (Å²) in [5.41, 5.74) is 0. The van der Waals surface area contributed by atoms with Crippen LogP contribution in [-0.4, -0.2) is 19.1 Å². The van der Waals surface area contributed by atoms with Gasteiger partial charge in [-0.15, -0.1) is 0 Å². The lowest BCUT2D eigenvalue weighted by atomic mass is 10.5. The zero-order valence-corrected chi connectivity index (χ0v) is 4.74. The third-order valence-electron chi connectivity index (χ3n) is 0.846. The second-order valence-electron chi connectivity index (χ2n) is 1.41. The van der Waals surface area contributed by atoms with Gasteiger partial charge in [-0.3, -0.25) is 0 Å². The molecule has 1 aliphatic heterocycles. The molecule has 0 aromatic rings. The molecule has 1 rings (SSSR count). The lowest BCUT2D eigenvalue weighted by Crippen LogP contribution is -2.00. The predicted octanol–water partition coefficient (Wildman–Crippen LogP) is 1.04.